The number of rotatable bonds is 3. The molecule has 2 rings (SSSR count). The van der Waals surface area contributed by atoms with Gasteiger partial charge in [-0.15, -0.1) is 0 Å². The molecule has 0 aromatic rings. The number of amides is 1. The van der Waals surface area contributed by atoms with E-state index in [-0.39, 0.29) is 25.1 Å². The molecule has 2 aliphatic heterocycles. The van der Waals surface area contributed by atoms with Crippen LogP contribution in [0.4, 0.5) is 0 Å². The van der Waals surface area contributed by atoms with Crippen molar-refractivity contribution in [3.63, 3.8) is 0 Å². The maximum Gasteiger partial charge on any atom is 0.334 e. The van der Waals surface area contributed by atoms with E-state index in [9.17, 15) is 9.59 Å². The highest BCUT2D eigenvalue weighted by Gasteiger charge is 2.36. The second-order valence-corrected chi connectivity index (χ2v) is 5.54. The highest BCUT2D eigenvalue weighted by Crippen LogP contribution is 2.21. The summed E-state index contributed by atoms with van der Waals surface area (Å²) in [6, 6.07) is 0.682. The Morgan fingerprint density at radius 3 is 2.53 bits per heavy atom. The van der Waals surface area contributed by atoms with Gasteiger partial charge in [0.1, 0.15) is 6.61 Å². The lowest BCUT2D eigenvalue weighted by Gasteiger charge is -2.42. The first-order valence-corrected chi connectivity index (χ1v) is 6.87. The monoisotopic (exact) mass is 270 g/mol. The summed E-state index contributed by atoms with van der Waals surface area (Å²) in [7, 11) is 0. The summed E-state index contributed by atoms with van der Waals surface area (Å²) in [4.78, 5) is 26.9. The predicted octanol–water partition coefficient (Wildman–Crippen LogP) is 0.171. The summed E-state index contributed by atoms with van der Waals surface area (Å²) >= 11 is 0. The van der Waals surface area contributed by atoms with E-state index in [2.05, 4.69) is 18.7 Å². The maximum atomic E-state index is 11.9. The first-order chi connectivity index (χ1) is 8.99. The lowest BCUT2D eigenvalue weighted by Crippen LogP contribution is -2.56. The van der Waals surface area contributed by atoms with E-state index in [4.69, 9.17) is 9.84 Å². The van der Waals surface area contributed by atoms with Gasteiger partial charge in [0.15, 0.2) is 6.10 Å². The van der Waals surface area contributed by atoms with Crippen molar-refractivity contribution in [2.24, 2.45) is 0 Å². The van der Waals surface area contributed by atoms with Crippen molar-refractivity contribution in [3.8, 4) is 0 Å². The first-order valence-electron chi connectivity index (χ1n) is 6.87. The molecule has 0 saturated carbocycles. The van der Waals surface area contributed by atoms with Crippen molar-refractivity contribution >= 4 is 11.9 Å². The Bertz CT molecular complexity index is 351. The van der Waals surface area contributed by atoms with Gasteiger partial charge in [-0.05, 0) is 26.7 Å². The molecule has 0 aromatic heterocycles. The quantitative estimate of drug-likeness (QED) is 0.791. The van der Waals surface area contributed by atoms with E-state index >= 15 is 0 Å². The van der Waals surface area contributed by atoms with Crippen LogP contribution in [0.5, 0.6) is 0 Å². The SMILES string of the molecule is CC(C)N1CCC(N2CC(C(=O)O)OCC2=O)CC1. The summed E-state index contributed by atoms with van der Waals surface area (Å²) in [5, 5.41) is 8.98. The zero-order valence-electron chi connectivity index (χ0n) is 11.5. The van der Waals surface area contributed by atoms with Crippen molar-refractivity contribution in [1.29, 1.82) is 0 Å². The second-order valence-electron chi connectivity index (χ2n) is 5.54. The number of likely N-dealkylation sites (tertiary alicyclic amines) is 1. The lowest BCUT2D eigenvalue weighted by atomic mass is 10.0. The number of hydrogen-bond acceptors (Lipinski definition) is 4. The summed E-state index contributed by atoms with van der Waals surface area (Å²) in [6.45, 7) is 6.33. The minimum atomic E-state index is -0.989. The summed E-state index contributed by atoms with van der Waals surface area (Å²) < 4.78 is 5.03. The van der Waals surface area contributed by atoms with Gasteiger partial charge in [0.2, 0.25) is 5.91 Å². The second kappa shape index (κ2) is 5.88. The van der Waals surface area contributed by atoms with E-state index in [1.165, 1.54) is 0 Å². The smallest absolute Gasteiger partial charge is 0.334 e. The van der Waals surface area contributed by atoms with Crippen LogP contribution in [0.25, 0.3) is 0 Å². The van der Waals surface area contributed by atoms with E-state index in [1.807, 2.05) is 0 Å². The van der Waals surface area contributed by atoms with E-state index in [0.29, 0.717) is 6.04 Å². The molecule has 1 N–H and O–H groups in total. The topological polar surface area (TPSA) is 70.1 Å². The van der Waals surface area contributed by atoms with Crippen molar-refractivity contribution < 1.29 is 19.4 Å². The van der Waals surface area contributed by atoms with Crippen LogP contribution in [-0.2, 0) is 14.3 Å². The average molecular weight is 270 g/mol. The highest BCUT2D eigenvalue weighted by atomic mass is 16.5. The van der Waals surface area contributed by atoms with Gasteiger partial charge in [-0.1, -0.05) is 0 Å². The summed E-state index contributed by atoms with van der Waals surface area (Å²) in [5.41, 5.74) is 0. The van der Waals surface area contributed by atoms with Crippen molar-refractivity contribution in [1.82, 2.24) is 9.80 Å². The molecule has 6 heteroatoms. The minimum Gasteiger partial charge on any atom is -0.479 e. The number of ether oxygens (including phenoxy) is 1. The summed E-state index contributed by atoms with van der Waals surface area (Å²) in [6.07, 6.45) is 0.952. The molecule has 19 heavy (non-hydrogen) atoms. The van der Waals surface area contributed by atoms with E-state index < -0.39 is 12.1 Å². The number of nitrogens with zero attached hydrogens (tertiary/aromatic N) is 2. The van der Waals surface area contributed by atoms with Crippen LogP contribution in [0, 0.1) is 0 Å². The Balaban J connectivity index is 1.93. The third-order valence-electron chi connectivity index (χ3n) is 4.04. The van der Waals surface area contributed by atoms with Crippen molar-refractivity contribution in [2.75, 3.05) is 26.2 Å². The van der Waals surface area contributed by atoms with Crippen LogP contribution in [0.2, 0.25) is 0 Å². The van der Waals surface area contributed by atoms with Gasteiger partial charge in [0.25, 0.3) is 0 Å². The van der Waals surface area contributed by atoms with Gasteiger partial charge in [-0.3, -0.25) is 4.79 Å². The van der Waals surface area contributed by atoms with Gasteiger partial charge >= 0.3 is 5.97 Å². The van der Waals surface area contributed by atoms with Crippen LogP contribution in [0.15, 0.2) is 0 Å². The number of carboxylic acids is 1. The number of carbonyl (C=O) groups is 2. The molecule has 0 bridgehead atoms. The fraction of sp³-hybridized carbons (Fsp3) is 0.846. The molecule has 1 amide bonds. The van der Waals surface area contributed by atoms with E-state index in [1.54, 1.807) is 4.90 Å². The minimum absolute atomic E-state index is 0.0829. The van der Waals surface area contributed by atoms with Crippen LogP contribution < -0.4 is 0 Å². The molecule has 2 aliphatic rings. The van der Waals surface area contributed by atoms with Crippen LogP contribution in [0.1, 0.15) is 26.7 Å². The number of carboxylic acid groups (broad SMARTS) is 1. The molecule has 0 aliphatic carbocycles. The Hall–Kier alpha value is -1.14. The molecule has 2 saturated heterocycles. The molecule has 108 valence electrons. The van der Waals surface area contributed by atoms with Gasteiger partial charge in [-0.2, -0.15) is 0 Å². The fourth-order valence-corrected chi connectivity index (χ4v) is 2.80. The summed E-state index contributed by atoms with van der Waals surface area (Å²) in [5.74, 6) is -1.07. The number of carbonyl (C=O) groups excluding carboxylic acids is 1. The molecule has 1 unspecified atom stereocenters. The molecule has 2 heterocycles. The molecular formula is C13H22N2O4. The van der Waals surface area contributed by atoms with Gasteiger partial charge in [-0.25, -0.2) is 4.79 Å². The Kier molecular flexibility index (Phi) is 4.42. The molecular weight excluding hydrogens is 248 g/mol. The zero-order valence-corrected chi connectivity index (χ0v) is 11.5. The molecule has 6 nitrogen and oxygen atoms in total. The zero-order chi connectivity index (χ0) is 14.0. The predicted molar refractivity (Wildman–Crippen MR) is 68.8 cm³/mol. The number of hydrogen-bond donors (Lipinski definition) is 1. The van der Waals surface area contributed by atoms with Crippen LogP contribution in [0.3, 0.4) is 0 Å². The maximum absolute atomic E-state index is 11.9. The van der Waals surface area contributed by atoms with Gasteiger partial charge in [0.05, 0.1) is 6.54 Å². The molecule has 2 fully saturated rings. The molecule has 0 radical (unpaired) electrons. The number of morpholine rings is 1. The molecule has 0 spiro atoms. The Labute approximate surface area is 113 Å². The molecule has 0 aromatic carbocycles. The third-order valence-corrected chi connectivity index (χ3v) is 4.04. The first kappa shape index (κ1) is 14.3. The number of piperidine rings is 1. The van der Waals surface area contributed by atoms with E-state index in [0.717, 1.165) is 25.9 Å². The largest absolute Gasteiger partial charge is 0.479 e. The van der Waals surface area contributed by atoms with Gasteiger partial charge < -0.3 is 19.6 Å². The number of aliphatic carboxylic acids is 1. The average Bonchev–Trinajstić information content (AvgIpc) is 2.39. The Morgan fingerprint density at radius 1 is 1.37 bits per heavy atom. The highest BCUT2D eigenvalue weighted by molar-refractivity contribution is 5.81. The van der Waals surface area contributed by atoms with Crippen molar-refractivity contribution in [2.45, 2.75) is 44.9 Å². The van der Waals surface area contributed by atoms with Gasteiger partial charge in [0, 0.05) is 25.2 Å². The molecule has 1 atom stereocenters. The van der Waals surface area contributed by atoms with Crippen molar-refractivity contribution in [3.05, 3.63) is 0 Å². The lowest BCUT2D eigenvalue weighted by molar-refractivity contribution is -0.167. The Morgan fingerprint density at radius 2 is 2.00 bits per heavy atom. The van der Waals surface area contributed by atoms with Crippen LogP contribution in [-0.4, -0.2) is 71.2 Å². The van der Waals surface area contributed by atoms with Crippen LogP contribution >= 0.6 is 0 Å². The normalized spacial score (nSPS) is 27.0. The standard InChI is InChI=1S/C13H22N2O4/c1-9(2)14-5-3-10(4-6-14)15-7-11(13(17)18)19-8-12(15)16/h9-11H,3-8H2,1-2H3,(H,17,18). The fourth-order valence-electron chi connectivity index (χ4n) is 2.80. The third kappa shape index (κ3) is 3.25.